The van der Waals surface area contributed by atoms with Crippen LogP contribution in [-0.4, -0.2) is 35.2 Å². The average Bonchev–Trinajstić information content (AvgIpc) is 2.04. The molecule has 1 aliphatic heterocycles. The van der Waals surface area contributed by atoms with Crippen molar-refractivity contribution in [3.63, 3.8) is 0 Å². The molecule has 1 aliphatic rings. The third kappa shape index (κ3) is 2.42. The van der Waals surface area contributed by atoms with Gasteiger partial charge in [-0.1, -0.05) is 0 Å². The highest BCUT2D eigenvalue weighted by molar-refractivity contribution is 5.93. The summed E-state index contributed by atoms with van der Waals surface area (Å²) in [5.41, 5.74) is 0. The van der Waals surface area contributed by atoms with Gasteiger partial charge in [-0.05, 0) is 31.8 Å². The molecule has 1 rings (SSSR count). The molecule has 0 aromatic carbocycles. The zero-order valence-corrected chi connectivity index (χ0v) is 7.19. The summed E-state index contributed by atoms with van der Waals surface area (Å²) < 4.78 is 0. The first-order valence-corrected chi connectivity index (χ1v) is 4.29. The van der Waals surface area contributed by atoms with Crippen molar-refractivity contribution < 1.29 is 19.8 Å². The lowest BCUT2D eigenvalue weighted by molar-refractivity contribution is -0.157. The molecule has 74 valence electrons. The Balaban J connectivity index is 2.62. The molecule has 0 saturated carbocycles. The number of hydrogen-bond acceptors (Lipinski definition) is 3. The van der Waals surface area contributed by atoms with E-state index in [1.165, 1.54) is 0 Å². The first-order valence-electron chi connectivity index (χ1n) is 4.29. The van der Waals surface area contributed by atoms with E-state index in [1.54, 1.807) is 0 Å². The van der Waals surface area contributed by atoms with Gasteiger partial charge in [0.05, 0.1) is 0 Å². The lowest BCUT2D eigenvalue weighted by atomic mass is 9.85. The molecule has 5 heteroatoms. The molecule has 0 atom stereocenters. The van der Waals surface area contributed by atoms with E-state index in [9.17, 15) is 9.59 Å². The molecular weight excluding hydrogens is 174 g/mol. The quantitative estimate of drug-likeness (QED) is 0.531. The molecule has 1 fully saturated rings. The Labute approximate surface area is 75.7 Å². The number of carboxylic acids is 2. The van der Waals surface area contributed by atoms with Crippen molar-refractivity contribution in [1.82, 2.24) is 5.32 Å². The minimum atomic E-state index is -1.23. The van der Waals surface area contributed by atoms with Gasteiger partial charge in [0.1, 0.15) is 0 Å². The normalized spacial score (nSPS) is 18.8. The van der Waals surface area contributed by atoms with Crippen LogP contribution in [-0.2, 0) is 9.59 Å². The van der Waals surface area contributed by atoms with Crippen LogP contribution >= 0.6 is 0 Å². The summed E-state index contributed by atoms with van der Waals surface area (Å²) in [5, 5.41) is 20.5. The van der Waals surface area contributed by atoms with Gasteiger partial charge in [0.25, 0.3) is 0 Å². The van der Waals surface area contributed by atoms with Gasteiger partial charge in [-0.15, -0.1) is 0 Å². The Morgan fingerprint density at radius 3 is 2.00 bits per heavy atom. The Morgan fingerprint density at radius 1 is 1.15 bits per heavy atom. The number of piperidine rings is 1. The van der Waals surface area contributed by atoms with Crippen LogP contribution < -0.4 is 5.32 Å². The van der Waals surface area contributed by atoms with Gasteiger partial charge < -0.3 is 15.5 Å². The number of rotatable bonds is 3. The van der Waals surface area contributed by atoms with Gasteiger partial charge in [-0.25, -0.2) is 0 Å². The van der Waals surface area contributed by atoms with Crippen molar-refractivity contribution in [2.45, 2.75) is 12.8 Å². The smallest absolute Gasteiger partial charge is 0.318 e. The van der Waals surface area contributed by atoms with Crippen LogP contribution in [0.2, 0.25) is 0 Å². The second-order valence-corrected chi connectivity index (χ2v) is 3.24. The summed E-state index contributed by atoms with van der Waals surface area (Å²) >= 11 is 0. The maximum atomic E-state index is 10.6. The molecule has 13 heavy (non-hydrogen) atoms. The average molecular weight is 187 g/mol. The van der Waals surface area contributed by atoms with Gasteiger partial charge in [0, 0.05) is 0 Å². The highest BCUT2D eigenvalue weighted by atomic mass is 16.4. The predicted molar refractivity (Wildman–Crippen MR) is 44.4 cm³/mol. The fourth-order valence-corrected chi connectivity index (χ4v) is 1.69. The molecule has 1 saturated heterocycles. The number of carbonyl (C=O) groups is 2. The van der Waals surface area contributed by atoms with E-state index < -0.39 is 17.9 Å². The minimum Gasteiger partial charge on any atom is -0.481 e. The maximum absolute atomic E-state index is 10.6. The summed E-state index contributed by atoms with van der Waals surface area (Å²) in [6, 6.07) is 0. The molecule has 0 radical (unpaired) electrons. The Bertz CT molecular complexity index is 196. The first kappa shape index (κ1) is 9.98. The van der Waals surface area contributed by atoms with Crippen molar-refractivity contribution in [3.05, 3.63) is 0 Å². The van der Waals surface area contributed by atoms with E-state index in [1.807, 2.05) is 0 Å². The SMILES string of the molecule is O=C(O)C(C(=O)O)C1CCNCC1. The largest absolute Gasteiger partial charge is 0.481 e. The molecule has 5 nitrogen and oxygen atoms in total. The summed E-state index contributed by atoms with van der Waals surface area (Å²) in [6.45, 7) is 1.42. The second-order valence-electron chi connectivity index (χ2n) is 3.24. The van der Waals surface area contributed by atoms with Gasteiger partial charge in [0.2, 0.25) is 0 Å². The van der Waals surface area contributed by atoms with Crippen molar-refractivity contribution in [1.29, 1.82) is 0 Å². The van der Waals surface area contributed by atoms with Gasteiger partial charge in [-0.2, -0.15) is 0 Å². The predicted octanol–water partition coefficient (Wildman–Crippen LogP) is -0.229. The van der Waals surface area contributed by atoms with Crippen LogP contribution in [0.3, 0.4) is 0 Å². The summed E-state index contributed by atoms with van der Waals surface area (Å²) in [4.78, 5) is 21.3. The molecule has 0 spiro atoms. The third-order valence-electron chi connectivity index (χ3n) is 2.39. The van der Waals surface area contributed by atoms with E-state index in [4.69, 9.17) is 10.2 Å². The first-order chi connectivity index (χ1) is 6.13. The molecule has 0 aliphatic carbocycles. The lowest BCUT2D eigenvalue weighted by Gasteiger charge is -2.25. The Morgan fingerprint density at radius 2 is 1.62 bits per heavy atom. The highest BCUT2D eigenvalue weighted by Gasteiger charge is 2.35. The van der Waals surface area contributed by atoms with Crippen molar-refractivity contribution >= 4 is 11.9 Å². The van der Waals surface area contributed by atoms with E-state index in [-0.39, 0.29) is 5.92 Å². The summed E-state index contributed by atoms with van der Waals surface area (Å²) in [5.74, 6) is -3.91. The van der Waals surface area contributed by atoms with Crippen LogP contribution in [0, 0.1) is 11.8 Å². The van der Waals surface area contributed by atoms with Crippen molar-refractivity contribution in [2.75, 3.05) is 13.1 Å². The zero-order valence-electron chi connectivity index (χ0n) is 7.19. The number of aliphatic carboxylic acids is 2. The van der Waals surface area contributed by atoms with E-state index in [0.29, 0.717) is 25.9 Å². The van der Waals surface area contributed by atoms with E-state index >= 15 is 0 Å². The zero-order chi connectivity index (χ0) is 9.84. The van der Waals surface area contributed by atoms with Crippen molar-refractivity contribution in [3.8, 4) is 0 Å². The van der Waals surface area contributed by atoms with E-state index in [0.717, 1.165) is 0 Å². The molecule has 3 N–H and O–H groups in total. The topological polar surface area (TPSA) is 86.6 Å². The molecule has 1 heterocycles. The van der Waals surface area contributed by atoms with E-state index in [2.05, 4.69) is 5.32 Å². The standard InChI is InChI=1S/C8H13NO4/c10-7(11)6(8(12)13)5-1-3-9-4-2-5/h5-6,9H,1-4H2,(H,10,11)(H,12,13). The second kappa shape index (κ2) is 4.23. The maximum Gasteiger partial charge on any atom is 0.318 e. The summed E-state index contributed by atoms with van der Waals surface area (Å²) in [7, 11) is 0. The summed E-state index contributed by atoms with van der Waals surface area (Å²) in [6.07, 6.45) is 1.26. The minimum absolute atomic E-state index is 0.226. The molecule has 0 bridgehead atoms. The van der Waals surface area contributed by atoms with Crippen molar-refractivity contribution in [2.24, 2.45) is 11.8 Å². The Kier molecular flexibility index (Phi) is 3.25. The highest BCUT2D eigenvalue weighted by Crippen LogP contribution is 2.22. The Hall–Kier alpha value is -1.10. The fourth-order valence-electron chi connectivity index (χ4n) is 1.69. The van der Waals surface area contributed by atoms with Crippen LogP contribution in [0.15, 0.2) is 0 Å². The number of nitrogens with one attached hydrogen (secondary N) is 1. The lowest BCUT2D eigenvalue weighted by Crippen LogP contribution is -2.38. The number of carboxylic acid groups (broad SMARTS) is 2. The molecule has 0 unspecified atom stereocenters. The third-order valence-corrected chi connectivity index (χ3v) is 2.39. The molecular formula is C8H13NO4. The number of hydrogen-bond donors (Lipinski definition) is 3. The fraction of sp³-hybridized carbons (Fsp3) is 0.750. The van der Waals surface area contributed by atoms with Crippen LogP contribution in [0.1, 0.15) is 12.8 Å². The molecule has 0 amide bonds. The van der Waals surface area contributed by atoms with Gasteiger partial charge >= 0.3 is 11.9 Å². The van der Waals surface area contributed by atoms with Gasteiger partial charge in [0.15, 0.2) is 5.92 Å². The van der Waals surface area contributed by atoms with Gasteiger partial charge in [-0.3, -0.25) is 9.59 Å². The van der Waals surface area contributed by atoms with Crippen LogP contribution in [0.25, 0.3) is 0 Å². The molecule has 0 aromatic rings. The molecule has 0 aromatic heterocycles. The monoisotopic (exact) mass is 187 g/mol. The van der Waals surface area contributed by atoms with Crippen LogP contribution in [0.4, 0.5) is 0 Å². The van der Waals surface area contributed by atoms with Crippen LogP contribution in [0.5, 0.6) is 0 Å².